The number of aliphatic hydroxyl groups is 1. The minimum absolute atomic E-state index is 0.0794. The Morgan fingerprint density at radius 3 is 2.47 bits per heavy atom. The molecule has 172 valence electrons. The van der Waals surface area contributed by atoms with Gasteiger partial charge in [-0.25, -0.2) is 0 Å². The Bertz CT molecular complexity index is 634. The van der Waals surface area contributed by atoms with E-state index in [0.717, 1.165) is 54.3 Å². The minimum atomic E-state index is -0.0794. The van der Waals surface area contributed by atoms with Gasteiger partial charge in [-0.3, -0.25) is 0 Å². The van der Waals surface area contributed by atoms with Crippen LogP contribution in [0.3, 0.4) is 0 Å². The van der Waals surface area contributed by atoms with Crippen LogP contribution in [0.1, 0.15) is 112 Å². The van der Waals surface area contributed by atoms with Crippen molar-refractivity contribution in [2.24, 2.45) is 52.3 Å². The SMILES string of the molecule is CCC(CCC(C)C1CC[C@@H]2[C@H]3CC=C4CC(O)CC[C@]4(C)[C@H]3CC[C@]12C)C(C)C. The van der Waals surface area contributed by atoms with Crippen molar-refractivity contribution in [3.05, 3.63) is 11.6 Å². The first-order valence-electron chi connectivity index (χ1n) is 13.6. The molecule has 4 aliphatic carbocycles. The summed E-state index contributed by atoms with van der Waals surface area (Å²) in [6.07, 6.45) is 17.1. The average Bonchev–Trinajstić information content (AvgIpc) is 3.06. The molecule has 4 unspecified atom stereocenters. The predicted molar refractivity (Wildman–Crippen MR) is 128 cm³/mol. The van der Waals surface area contributed by atoms with Gasteiger partial charge >= 0.3 is 0 Å². The zero-order valence-corrected chi connectivity index (χ0v) is 20.9. The second kappa shape index (κ2) is 8.57. The Morgan fingerprint density at radius 1 is 1.00 bits per heavy atom. The highest BCUT2D eigenvalue weighted by atomic mass is 16.3. The first-order valence-corrected chi connectivity index (χ1v) is 13.6. The molecule has 0 amide bonds. The van der Waals surface area contributed by atoms with Crippen LogP contribution in [0.25, 0.3) is 0 Å². The van der Waals surface area contributed by atoms with Gasteiger partial charge in [-0.2, -0.15) is 0 Å². The summed E-state index contributed by atoms with van der Waals surface area (Å²) in [5.74, 6) is 6.31. The van der Waals surface area contributed by atoms with Crippen LogP contribution in [-0.2, 0) is 0 Å². The highest BCUT2D eigenvalue weighted by Gasteiger charge is 2.59. The lowest BCUT2D eigenvalue weighted by Crippen LogP contribution is -2.50. The molecule has 1 nitrogen and oxygen atoms in total. The van der Waals surface area contributed by atoms with Crippen molar-refractivity contribution in [2.75, 3.05) is 0 Å². The zero-order chi connectivity index (χ0) is 21.7. The second-order valence-electron chi connectivity index (χ2n) is 12.9. The van der Waals surface area contributed by atoms with Crippen molar-refractivity contribution in [1.82, 2.24) is 0 Å². The summed E-state index contributed by atoms with van der Waals surface area (Å²) in [7, 11) is 0. The van der Waals surface area contributed by atoms with Crippen LogP contribution in [0.15, 0.2) is 11.6 Å². The maximum Gasteiger partial charge on any atom is 0.0577 e. The summed E-state index contributed by atoms with van der Waals surface area (Å²) in [6, 6.07) is 0. The maximum atomic E-state index is 10.2. The van der Waals surface area contributed by atoms with Crippen molar-refractivity contribution in [3.8, 4) is 0 Å². The van der Waals surface area contributed by atoms with Gasteiger partial charge in [0.15, 0.2) is 0 Å². The monoisotopic (exact) mass is 414 g/mol. The largest absolute Gasteiger partial charge is 0.393 e. The Kier molecular flexibility index (Phi) is 6.53. The number of rotatable bonds is 6. The Balaban J connectivity index is 1.47. The predicted octanol–water partition coefficient (Wildman–Crippen LogP) is 8.02. The summed E-state index contributed by atoms with van der Waals surface area (Å²) in [6.45, 7) is 15.1. The van der Waals surface area contributed by atoms with E-state index in [1.165, 1.54) is 57.8 Å². The summed E-state index contributed by atoms with van der Waals surface area (Å²) in [5.41, 5.74) is 2.59. The zero-order valence-electron chi connectivity index (χ0n) is 20.9. The topological polar surface area (TPSA) is 20.2 Å². The quantitative estimate of drug-likeness (QED) is 0.436. The van der Waals surface area contributed by atoms with Crippen LogP contribution in [0.2, 0.25) is 0 Å². The van der Waals surface area contributed by atoms with Gasteiger partial charge in [0.05, 0.1) is 6.10 Å². The minimum Gasteiger partial charge on any atom is -0.393 e. The fraction of sp³-hybridized carbons (Fsp3) is 0.931. The first kappa shape index (κ1) is 22.9. The van der Waals surface area contributed by atoms with E-state index in [2.05, 4.69) is 47.6 Å². The van der Waals surface area contributed by atoms with E-state index in [-0.39, 0.29) is 6.10 Å². The van der Waals surface area contributed by atoms with E-state index in [0.29, 0.717) is 10.8 Å². The molecule has 9 atom stereocenters. The van der Waals surface area contributed by atoms with Gasteiger partial charge in [0.1, 0.15) is 0 Å². The Hall–Kier alpha value is -0.300. The Labute approximate surface area is 187 Å². The smallest absolute Gasteiger partial charge is 0.0577 e. The Morgan fingerprint density at radius 2 is 1.77 bits per heavy atom. The molecule has 0 heterocycles. The number of hydrogen-bond donors (Lipinski definition) is 1. The highest BCUT2D eigenvalue weighted by Crippen LogP contribution is 2.67. The molecule has 4 aliphatic rings. The molecule has 0 aromatic heterocycles. The normalized spacial score (nSPS) is 45.3. The molecule has 0 radical (unpaired) electrons. The van der Waals surface area contributed by atoms with E-state index in [1.807, 2.05) is 0 Å². The first-order chi connectivity index (χ1) is 14.2. The fourth-order valence-corrected chi connectivity index (χ4v) is 9.30. The lowest BCUT2D eigenvalue weighted by molar-refractivity contribution is -0.0575. The summed E-state index contributed by atoms with van der Waals surface area (Å²) < 4.78 is 0. The summed E-state index contributed by atoms with van der Waals surface area (Å²) in [4.78, 5) is 0. The van der Waals surface area contributed by atoms with E-state index in [1.54, 1.807) is 5.57 Å². The third-order valence-electron chi connectivity index (χ3n) is 11.3. The molecule has 0 spiro atoms. The van der Waals surface area contributed by atoms with E-state index in [4.69, 9.17) is 0 Å². The van der Waals surface area contributed by atoms with Gasteiger partial charge in [-0.05, 0) is 110 Å². The van der Waals surface area contributed by atoms with Crippen LogP contribution < -0.4 is 0 Å². The lowest BCUT2D eigenvalue weighted by Gasteiger charge is -2.58. The molecule has 4 rings (SSSR count). The van der Waals surface area contributed by atoms with Crippen LogP contribution >= 0.6 is 0 Å². The number of fused-ring (bicyclic) bond motifs is 5. The van der Waals surface area contributed by atoms with Crippen molar-refractivity contribution in [3.63, 3.8) is 0 Å². The van der Waals surface area contributed by atoms with Crippen molar-refractivity contribution >= 4 is 0 Å². The molecule has 3 saturated carbocycles. The molecule has 0 aromatic carbocycles. The van der Waals surface area contributed by atoms with Gasteiger partial charge in [0.25, 0.3) is 0 Å². The van der Waals surface area contributed by atoms with E-state index < -0.39 is 0 Å². The second-order valence-corrected chi connectivity index (χ2v) is 12.9. The number of allylic oxidation sites excluding steroid dienone is 1. The number of hydrogen-bond acceptors (Lipinski definition) is 1. The van der Waals surface area contributed by atoms with Gasteiger partial charge < -0.3 is 5.11 Å². The van der Waals surface area contributed by atoms with Crippen molar-refractivity contribution < 1.29 is 5.11 Å². The molecule has 30 heavy (non-hydrogen) atoms. The molecule has 0 aliphatic heterocycles. The summed E-state index contributed by atoms with van der Waals surface area (Å²) >= 11 is 0. The molecule has 3 fully saturated rings. The molecular weight excluding hydrogens is 364 g/mol. The van der Waals surface area contributed by atoms with Crippen LogP contribution in [0.5, 0.6) is 0 Å². The van der Waals surface area contributed by atoms with E-state index >= 15 is 0 Å². The molecule has 0 saturated heterocycles. The highest BCUT2D eigenvalue weighted by molar-refractivity contribution is 5.25. The molecular formula is C29H50O. The van der Waals surface area contributed by atoms with Crippen LogP contribution in [0, 0.1) is 52.3 Å². The van der Waals surface area contributed by atoms with Gasteiger partial charge in [0, 0.05) is 0 Å². The van der Waals surface area contributed by atoms with Gasteiger partial charge in [-0.15, -0.1) is 0 Å². The summed E-state index contributed by atoms with van der Waals surface area (Å²) in [5, 5.41) is 10.2. The number of aliphatic hydroxyl groups excluding tert-OH is 1. The van der Waals surface area contributed by atoms with Gasteiger partial charge in [0.2, 0.25) is 0 Å². The van der Waals surface area contributed by atoms with E-state index in [9.17, 15) is 5.11 Å². The standard InChI is InChI=1S/C29H50O/c1-7-21(19(2)3)9-8-20(4)25-12-13-26-24-11-10-22-18-23(30)14-16-28(22,5)27(24)15-17-29(25,26)6/h10,19-21,23-27,30H,7-9,11-18H2,1-6H3/t20?,21?,23?,24-,25?,26-,27+,28+,29-/m1/s1. The molecule has 1 heteroatoms. The molecule has 1 N–H and O–H groups in total. The third kappa shape index (κ3) is 3.74. The fourth-order valence-electron chi connectivity index (χ4n) is 9.30. The lowest BCUT2D eigenvalue weighted by atomic mass is 9.47. The molecule has 0 bridgehead atoms. The van der Waals surface area contributed by atoms with Crippen molar-refractivity contribution in [2.45, 2.75) is 118 Å². The third-order valence-corrected chi connectivity index (χ3v) is 11.3. The maximum absolute atomic E-state index is 10.2. The van der Waals surface area contributed by atoms with Gasteiger partial charge in [-0.1, -0.05) is 66.0 Å². The van der Waals surface area contributed by atoms with Crippen molar-refractivity contribution in [1.29, 1.82) is 0 Å². The average molecular weight is 415 g/mol. The van der Waals surface area contributed by atoms with Crippen LogP contribution in [-0.4, -0.2) is 11.2 Å². The van der Waals surface area contributed by atoms with Crippen LogP contribution in [0.4, 0.5) is 0 Å². The molecule has 0 aromatic rings.